The molecule has 3 unspecified atom stereocenters. The molecule has 0 saturated heterocycles. The van der Waals surface area contributed by atoms with E-state index in [2.05, 4.69) is 104 Å². The normalized spacial score (nSPS) is 14.6. The van der Waals surface area contributed by atoms with E-state index in [-0.39, 0.29) is 19.1 Å². The van der Waals surface area contributed by atoms with Crippen LogP contribution in [-0.4, -0.2) is 73.4 Å². The minimum atomic E-state index is -4.34. The maximum absolute atomic E-state index is 13.0. The van der Waals surface area contributed by atoms with E-state index in [9.17, 15) is 19.4 Å². The Labute approximate surface area is 420 Å². The summed E-state index contributed by atoms with van der Waals surface area (Å²) in [6.45, 7) is 4.74. The smallest absolute Gasteiger partial charge is 0.391 e. The number of amides is 1. The van der Waals surface area contributed by atoms with Crippen LogP contribution in [0.5, 0.6) is 0 Å². The minimum Gasteiger partial charge on any atom is -0.391 e. The van der Waals surface area contributed by atoms with E-state index >= 15 is 0 Å². The van der Waals surface area contributed by atoms with Gasteiger partial charge in [0.2, 0.25) is 5.91 Å². The maximum Gasteiger partial charge on any atom is 0.472 e. The fourth-order valence-corrected chi connectivity index (χ4v) is 8.54. The number of aliphatic hydroxyl groups excluding tert-OH is 1. The molecule has 1 amide bonds. The molecule has 9 heteroatoms. The molecule has 3 N–H and O–H groups in total. The molecule has 0 aliphatic heterocycles. The molecule has 0 aromatic carbocycles. The van der Waals surface area contributed by atoms with Gasteiger partial charge in [-0.25, -0.2) is 4.57 Å². The van der Waals surface area contributed by atoms with E-state index < -0.39 is 20.0 Å². The molecule has 0 spiro atoms. The first-order valence-corrected chi connectivity index (χ1v) is 29.4. The van der Waals surface area contributed by atoms with Crippen LogP contribution in [-0.2, 0) is 18.4 Å². The summed E-state index contributed by atoms with van der Waals surface area (Å²) in [5.74, 6) is -0.203. The molecule has 394 valence electrons. The third-order valence-corrected chi connectivity index (χ3v) is 13.1. The molecule has 0 bridgehead atoms. The van der Waals surface area contributed by atoms with Crippen molar-refractivity contribution in [3.8, 4) is 0 Å². The largest absolute Gasteiger partial charge is 0.472 e. The van der Waals surface area contributed by atoms with Crippen LogP contribution in [0.2, 0.25) is 0 Å². The summed E-state index contributed by atoms with van der Waals surface area (Å²) >= 11 is 0. The zero-order chi connectivity index (χ0) is 49.9. The lowest BCUT2D eigenvalue weighted by Crippen LogP contribution is -2.46. The molecular formula is C59H108N2O6P+. The van der Waals surface area contributed by atoms with Gasteiger partial charge in [0.1, 0.15) is 13.2 Å². The number of carbonyl (C=O) groups is 1. The van der Waals surface area contributed by atoms with Crippen molar-refractivity contribution in [2.75, 3.05) is 40.9 Å². The molecule has 0 saturated carbocycles. The number of nitrogens with one attached hydrogen (secondary N) is 1. The van der Waals surface area contributed by atoms with E-state index in [1.807, 2.05) is 21.1 Å². The lowest BCUT2D eigenvalue weighted by molar-refractivity contribution is -0.870. The summed E-state index contributed by atoms with van der Waals surface area (Å²) in [7, 11) is 1.57. The van der Waals surface area contributed by atoms with Gasteiger partial charge in [-0.3, -0.25) is 13.8 Å². The second-order valence-electron chi connectivity index (χ2n) is 19.9. The molecule has 68 heavy (non-hydrogen) atoms. The topological polar surface area (TPSA) is 105 Å². The Kier molecular flexibility index (Phi) is 48.0. The third kappa shape index (κ3) is 51.5. The number of hydrogen-bond acceptors (Lipinski definition) is 5. The van der Waals surface area contributed by atoms with Crippen LogP contribution in [0, 0.1) is 0 Å². The summed E-state index contributed by atoms with van der Waals surface area (Å²) in [6, 6.07) is -0.798. The molecule has 0 aromatic heterocycles. The van der Waals surface area contributed by atoms with E-state index in [0.29, 0.717) is 30.3 Å². The summed E-state index contributed by atoms with van der Waals surface area (Å²) in [4.78, 5) is 23.3. The van der Waals surface area contributed by atoms with E-state index in [4.69, 9.17) is 9.05 Å². The molecule has 0 radical (unpaired) electrons. The highest BCUT2D eigenvalue weighted by molar-refractivity contribution is 7.47. The molecule has 0 rings (SSSR count). The quantitative estimate of drug-likeness (QED) is 0.0243. The van der Waals surface area contributed by atoms with Crippen molar-refractivity contribution < 1.29 is 32.9 Å². The summed E-state index contributed by atoms with van der Waals surface area (Å²) in [5.41, 5.74) is 0. The number of phosphoric acid groups is 1. The highest BCUT2D eigenvalue weighted by Gasteiger charge is 2.28. The average Bonchev–Trinajstić information content (AvgIpc) is 3.30. The van der Waals surface area contributed by atoms with Gasteiger partial charge >= 0.3 is 7.82 Å². The van der Waals surface area contributed by atoms with E-state index in [1.54, 1.807) is 0 Å². The number of phosphoric ester groups is 1. The predicted octanol–water partition coefficient (Wildman–Crippen LogP) is 16.9. The van der Waals surface area contributed by atoms with Gasteiger partial charge in [-0.1, -0.05) is 247 Å². The summed E-state index contributed by atoms with van der Waals surface area (Å²) in [6.07, 6.45) is 69.3. The fourth-order valence-electron chi connectivity index (χ4n) is 7.80. The standard InChI is InChI=1S/C59H107N2O6P/c1-6-8-10-12-14-16-18-20-22-24-26-28-30-32-34-36-38-40-42-44-46-48-50-52-58(62)57(56-67-68(64,65)66-55-54-61(3,4)5)60-59(63)53-51-49-47-45-43-41-39-37-35-33-31-29-27-25-23-21-19-17-15-13-11-9-7-2/h9,11,15,17,21,23,27,29,33,35,39,41,45,47,57-58,62H,6-8,10,12-14,16,18-20,22,24-26,28,30-32,34,36-38,40,42-44,46,48-56H2,1-5H3,(H-,60,63,64,65)/p+1/b11-9-,17-15-,23-21-,29-27-,35-33-,41-39-,47-45-. The number of rotatable bonds is 50. The second-order valence-corrected chi connectivity index (χ2v) is 21.4. The third-order valence-electron chi connectivity index (χ3n) is 12.2. The van der Waals surface area contributed by atoms with Crippen molar-refractivity contribution in [2.24, 2.45) is 0 Å². The van der Waals surface area contributed by atoms with Gasteiger partial charge in [-0.2, -0.15) is 0 Å². The number of nitrogens with zero attached hydrogens (tertiary/aromatic N) is 1. The van der Waals surface area contributed by atoms with Crippen molar-refractivity contribution in [1.29, 1.82) is 0 Å². The van der Waals surface area contributed by atoms with E-state index in [0.717, 1.165) is 70.6 Å². The van der Waals surface area contributed by atoms with Crippen molar-refractivity contribution in [1.82, 2.24) is 5.32 Å². The van der Waals surface area contributed by atoms with Gasteiger partial charge in [-0.05, 0) is 64.2 Å². The lowest BCUT2D eigenvalue weighted by Gasteiger charge is -2.26. The van der Waals surface area contributed by atoms with Crippen LogP contribution in [0.15, 0.2) is 85.1 Å². The molecular weight excluding hydrogens is 864 g/mol. The molecule has 0 aromatic rings. The van der Waals surface area contributed by atoms with Crippen molar-refractivity contribution in [3.63, 3.8) is 0 Å². The van der Waals surface area contributed by atoms with Crippen LogP contribution in [0.4, 0.5) is 0 Å². The minimum absolute atomic E-state index is 0.0595. The molecule has 0 fully saturated rings. The first-order valence-electron chi connectivity index (χ1n) is 28.0. The van der Waals surface area contributed by atoms with Gasteiger partial charge in [-0.15, -0.1) is 0 Å². The second kappa shape index (κ2) is 49.7. The van der Waals surface area contributed by atoms with Gasteiger partial charge in [0.15, 0.2) is 0 Å². The number of aliphatic hydroxyl groups is 1. The zero-order valence-electron chi connectivity index (χ0n) is 44.8. The van der Waals surface area contributed by atoms with Gasteiger partial charge < -0.3 is 19.8 Å². The summed E-state index contributed by atoms with van der Waals surface area (Å²) < 4.78 is 23.7. The van der Waals surface area contributed by atoms with Crippen LogP contribution >= 0.6 is 7.82 Å². The monoisotopic (exact) mass is 972 g/mol. The average molecular weight is 972 g/mol. The zero-order valence-corrected chi connectivity index (χ0v) is 45.7. The Morgan fingerprint density at radius 1 is 0.515 bits per heavy atom. The number of hydrogen-bond donors (Lipinski definition) is 3. The predicted molar refractivity (Wildman–Crippen MR) is 295 cm³/mol. The Morgan fingerprint density at radius 3 is 1.24 bits per heavy atom. The molecule has 0 aliphatic carbocycles. The van der Waals surface area contributed by atoms with Crippen LogP contribution in [0.25, 0.3) is 0 Å². The van der Waals surface area contributed by atoms with Crippen LogP contribution in [0.3, 0.4) is 0 Å². The SMILES string of the molecule is CC/C=C\C/C=C\C/C=C\C/C=C\C/C=C\C/C=C\C/C=C\CCCC(=O)NC(COP(=O)(O)OCC[N+](C)(C)C)C(O)CCCCCCCCCCCCCCCCCCCCCCCCC. The summed E-state index contributed by atoms with van der Waals surface area (Å²) in [5, 5.41) is 14.0. The lowest BCUT2D eigenvalue weighted by atomic mass is 10.0. The Balaban J connectivity index is 4.33. The van der Waals surface area contributed by atoms with Crippen LogP contribution < -0.4 is 5.32 Å². The maximum atomic E-state index is 13.0. The van der Waals surface area contributed by atoms with Crippen molar-refractivity contribution in [3.05, 3.63) is 85.1 Å². The van der Waals surface area contributed by atoms with Gasteiger partial charge in [0.25, 0.3) is 0 Å². The Bertz CT molecular complexity index is 1380. The number of quaternary nitrogens is 1. The van der Waals surface area contributed by atoms with Gasteiger partial charge in [0.05, 0.1) is 39.9 Å². The number of likely N-dealkylation sites (N-methyl/N-ethyl adjacent to an activating group) is 1. The van der Waals surface area contributed by atoms with Gasteiger partial charge in [0, 0.05) is 6.42 Å². The number of carbonyl (C=O) groups excluding carboxylic acids is 1. The van der Waals surface area contributed by atoms with Crippen LogP contribution in [0.1, 0.15) is 232 Å². The number of allylic oxidation sites excluding steroid dienone is 14. The Hall–Kier alpha value is -2.32. The first-order chi connectivity index (χ1) is 33.0. The highest BCUT2D eigenvalue weighted by Crippen LogP contribution is 2.43. The van der Waals surface area contributed by atoms with Crippen molar-refractivity contribution in [2.45, 2.75) is 244 Å². The Morgan fingerprint density at radius 2 is 0.868 bits per heavy atom. The molecule has 0 heterocycles. The molecule has 8 nitrogen and oxygen atoms in total. The first kappa shape index (κ1) is 65.7. The molecule has 3 atom stereocenters. The highest BCUT2D eigenvalue weighted by atomic mass is 31.2. The number of unbranched alkanes of at least 4 members (excludes halogenated alkanes) is 23. The van der Waals surface area contributed by atoms with Crippen molar-refractivity contribution >= 4 is 13.7 Å². The van der Waals surface area contributed by atoms with E-state index in [1.165, 1.54) is 128 Å². The fraction of sp³-hybridized carbons (Fsp3) is 0.746. The molecule has 0 aliphatic rings.